The molecule has 0 amide bonds. The first-order chi connectivity index (χ1) is 9.74. The minimum atomic E-state index is 0.294. The summed E-state index contributed by atoms with van der Waals surface area (Å²) in [5.74, 6) is 0.895. The maximum atomic E-state index is 5.20. The second kappa shape index (κ2) is 7.06. The zero-order chi connectivity index (χ0) is 14.4. The third kappa shape index (κ3) is 3.58. The second-order valence-electron chi connectivity index (χ2n) is 4.89. The number of pyridine rings is 1. The minimum absolute atomic E-state index is 0.294. The fraction of sp³-hybridized carbons (Fsp3) is 0.353. The summed E-state index contributed by atoms with van der Waals surface area (Å²) in [4.78, 5) is 4.26. The molecule has 0 saturated heterocycles. The summed E-state index contributed by atoms with van der Waals surface area (Å²) in [6, 6.07) is 10.6. The normalized spacial score (nSPS) is 12.2. The lowest BCUT2D eigenvalue weighted by Gasteiger charge is -2.20. The van der Waals surface area contributed by atoms with Gasteiger partial charge in [-0.2, -0.15) is 0 Å². The van der Waals surface area contributed by atoms with Crippen LogP contribution in [0, 0.1) is 6.92 Å². The Hall–Kier alpha value is -1.87. The molecule has 1 N–H and O–H groups in total. The number of likely N-dealkylation sites (N-methyl/N-ethyl adjacent to an activating group) is 1. The van der Waals surface area contributed by atoms with Crippen LogP contribution in [-0.2, 0) is 6.42 Å². The summed E-state index contributed by atoms with van der Waals surface area (Å²) in [6.45, 7) is 5.21. The van der Waals surface area contributed by atoms with Gasteiger partial charge < -0.3 is 10.1 Å². The number of ether oxygens (including phenoxy) is 1. The van der Waals surface area contributed by atoms with E-state index >= 15 is 0 Å². The highest BCUT2D eigenvalue weighted by Crippen LogP contribution is 2.22. The van der Waals surface area contributed by atoms with Crippen molar-refractivity contribution in [2.45, 2.75) is 26.3 Å². The molecular formula is C17H22N2O. The summed E-state index contributed by atoms with van der Waals surface area (Å²) in [7, 11) is 1.69. The van der Waals surface area contributed by atoms with E-state index in [0.29, 0.717) is 6.04 Å². The van der Waals surface area contributed by atoms with E-state index in [-0.39, 0.29) is 0 Å². The predicted molar refractivity (Wildman–Crippen MR) is 82.1 cm³/mol. The summed E-state index contributed by atoms with van der Waals surface area (Å²) >= 11 is 0. The van der Waals surface area contributed by atoms with Crippen molar-refractivity contribution in [2.24, 2.45) is 0 Å². The smallest absolute Gasteiger partial charge is 0.118 e. The van der Waals surface area contributed by atoms with E-state index in [1.807, 2.05) is 24.5 Å². The summed E-state index contributed by atoms with van der Waals surface area (Å²) in [6.07, 6.45) is 4.76. The lowest BCUT2D eigenvalue weighted by Crippen LogP contribution is -2.23. The standard InChI is InChI=1S/C17H22N2O/c1-4-19-17(16-12-18-10-9-13(16)2)11-14-5-7-15(20-3)8-6-14/h5-10,12,17,19H,4,11H2,1-3H3. The van der Waals surface area contributed by atoms with Crippen LogP contribution in [0.2, 0.25) is 0 Å². The van der Waals surface area contributed by atoms with Gasteiger partial charge in [0.1, 0.15) is 5.75 Å². The molecule has 1 aromatic carbocycles. The molecule has 1 atom stereocenters. The lowest BCUT2D eigenvalue weighted by molar-refractivity contribution is 0.414. The highest BCUT2D eigenvalue weighted by atomic mass is 16.5. The third-order valence-electron chi connectivity index (χ3n) is 3.50. The quantitative estimate of drug-likeness (QED) is 0.874. The molecule has 3 nitrogen and oxygen atoms in total. The fourth-order valence-corrected chi connectivity index (χ4v) is 2.38. The maximum Gasteiger partial charge on any atom is 0.118 e. The molecule has 3 heteroatoms. The van der Waals surface area contributed by atoms with Crippen molar-refractivity contribution < 1.29 is 4.74 Å². The van der Waals surface area contributed by atoms with Crippen LogP contribution in [0.15, 0.2) is 42.7 Å². The predicted octanol–water partition coefficient (Wildman–Crippen LogP) is 3.29. The Morgan fingerprint density at radius 1 is 1.20 bits per heavy atom. The average molecular weight is 270 g/mol. The number of methoxy groups -OCH3 is 1. The molecule has 0 aliphatic carbocycles. The Morgan fingerprint density at radius 2 is 1.95 bits per heavy atom. The first-order valence-corrected chi connectivity index (χ1v) is 7.01. The molecule has 0 saturated carbocycles. The number of hydrogen-bond donors (Lipinski definition) is 1. The van der Waals surface area contributed by atoms with Gasteiger partial charge in [-0.05, 0) is 54.8 Å². The largest absolute Gasteiger partial charge is 0.497 e. The summed E-state index contributed by atoms with van der Waals surface area (Å²) in [5, 5.41) is 3.55. The molecule has 2 aromatic rings. The van der Waals surface area contributed by atoms with Gasteiger partial charge in [0.15, 0.2) is 0 Å². The molecule has 0 spiro atoms. The van der Waals surface area contributed by atoms with Gasteiger partial charge in [-0.25, -0.2) is 0 Å². The maximum absolute atomic E-state index is 5.20. The molecule has 1 unspecified atom stereocenters. The van der Waals surface area contributed by atoms with Gasteiger partial charge in [0, 0.05) is 18.4 Å². The SMILES string of the molecule is CCNC(Cc1ccc(OC)cc1)c1cnccc1C. The minimum Gasteiger partial charge on any atom is -0.497 e. The number of aryl methyl sites for hydroxylation is 1. The van der Waals surface area contributed by atoms with Crippen molar-refractivity contribution >= 4 is 0 Å². The highest BCUT2D eigenvalue weighted by molar-refractivity contribution is 5.31. The number of aromatic nitrogens is 1. The monoisotopic (exact) mass is 270 g/mol. The number of benzene rings is 1. The Labute approximate surface area is 121 Å². The van der Waals surface area contributed by atoms with Crippen LogP contribution in [-0.4, -0.2) is 18.6 Å². The zero-order valence-corrected chi connectivity index (χ0v) is 12.4. The van der Waals surface area contributed by atoms with Crippen molar-refractivity contribution in [1.82, 2.24) is 10.3 Å². The number of rotatable bonds is 6. The van der Waals surface area contributed by atoms with Gasteiger partial charge in [0.2, 0.25) is 0 Å². The van der Waals surface area contributed by atoms with Crippen LogP contribution < -0.4 is 10.1 Å². The first kappa shape index (κ1) is 14.5. The van der Waals surface area contributed by atoms with E-state index in [9.17, 15) is 0 Å². The molecule has 1 heterocycles. The lowest BCUT2D eigenvalue weighted by atomic mass is 9.97. The zero-order valence-electron chi connectivity index (χ0n) is 12.4. The summed E-state index contributed by atoms with van der Waals surface area (Å²) < 4.78 is 5.20. The van der Waals surface area contributed by atoms with E-state index in [2.05, 4.69) is 42.3 Å². The Morgan fingerprint density at radius 3 is 2.55 bits per heavy atom. The van der Waals surface area contributed by atoms with Gasteiger partial charge in [0.25, 0.3) is 0 Å². The van der Waals surface area contributed by atoms with E-state index < -0.39 is 0 Å². The first-order valence-electron chi connectivity index (χ1n) is 7.01. The van der Waals surface area contributed by atoms with Gasteiger partial charge in [-0.3, -0.25) is 4.98 Å². The van der Waals surface area contributed by atoms with Crippen LogP contribution in [0.5, 0.6) is 5.75 Å². The number of hydrogen-bond acceptors (Lipinski definition) is 3. The molecule has 0 bridgehead atoms. The molecule has 0 fully saturated rings. The molecule has 20 heavy (non-hydrogen) atoms. The van der Waals surface area contributed by atoms with Gasteiger partial charge in [-0.15, -0.1) is 0 Å². The molecule has 0 aliphatic heterocycles. The Kier molecular flexibility index (Phi) is 5.13. The van der Waals surface area contributed by atoms with Gasteiger partial charge >= 0.3 is 0 Å². The van der Waals surface area contributed by atoms with E-state index in [0.717, 1.165) is 18.7 Å². The van der Waals surface area contributed by atoms with Gasteiger partial charge in [-0.1, -0.05) is 19.1 Å². The number of nitrogens with zero attached hydrogens (tertiary/aromatic N) is 1. The molecule has 0 aliphatic rings. The molecule has 1 aromatic heterocycles. The van der Waals surface area contributed by atoms with Crippen molar-refractivity contribution in [3.05, 3.63) is 59.4 Å². The average Bonchev–Trinajstić information content (AvgIpc) is 2.48. The van der Waals surface area contributed by atoms with Crippen molar-refractivity contribution in [2.75, 3.05) is 13.7 Å². The summed E-state index contributed by atoms with van der Waals surface area (Å²) in [5.41, 5.74) is 3.84. The molecule has 0 radical (unpaired) electrons. The second-order valence-corrected chi connectivity index (χ2v) is 4.89. The highest BCUT2D eigenvalue weighted by Gasteiger charge is 2.13. The Balaban J connectivity index is 2.18. The Bertz CT molecular complexity index is 537. The molecular weight excluding hydrogens is 248 g/mol. The fourth-order valence-electron chi connectivity index (χ4n) is 2.38. The number of nitrogens with one attached hydrogen (secondary N) is 1. The van der Waals surface area contributed by atoms with Crippen LogP contribution in [0.3, 0.4) is 0 Å². The van der Waals surface area contributed by atoms with Crippen LogP contribution in [0.4, 0.5) is 0 Å². The third-order valence-corrected chi connectivity index (χ3v) is 3.50. The van der Waals surface area contributed by atoms with Crippen LogP contribution >= 0.6 is 0 Å². The molecule has 106 valence electrons. The van der Waals surface area contributed by atoms with Crippen LogP contribution in [0.1, 0.15) is 29.7 Å². The van der Waals surface area contributed by atoms with E-state index in [1.54, 1.807) is 7.11 Å². The molecule has 2 rings (SSSR count). The van der Waals surface area contributed by atoms with Crippen LogP contribution in [0.25, 0.3) is 0 Å². The van der Waals surface area contributed by atoms with E-state index in [4.69, 9.17) is 4.74 Å². The van der Waals surface area contributed by atoms with Crippen molar-refractivity contribution in [3.63, 3.8) is 0 Å². The van der Waals surface area contributed by atoms with Crippen molar-refractivity contribution in [3.8, 4) is 5.75 Å². The van der Waals surface area contributed by atoms with Crippen molar-refractivity contribution in [1.29, 1.82) is 0 Å². The van der Waals surface area contributed by atoms with E-state index in [1.165, 1.54) is 16.7 Å². The topological polar surface area (TPSA) is 34.1 Å². The van der Waals surface area contributed by atoms with Gasteiger partial charge in [0.05, 0.1) is 7.11 Å².